The highest BCUT2D eigenvalue weighted by molar-refractivity contribution is 7.07. The summed E-state index contributed by atoms with van der Waals surface area (Å²) in [5.41, 5.74) is -0.288. The first-order valence-electron chi connectivity index (χ1n) is 5.95. The van der Waals surface area contributed by atoms with Crippen LogP contribution in [-0.2, 0) is 6.42 Å². The highest BCUT2D eigenvalue weighted by Gasteiger charge is 2.23. The Morgan fingerprint density at radius 3 is 2.81 bits per heavy atom. The monoisotopic (exact) mass is 310 g/mol. The van der Waals surface area contributed by atoms with E-state index in [4.69, 9.17) is 5.11 Å². The fraction of sp³-hybridized carbons (Fsp3) is 0.154. The number of nitro groups is 1. The predicted molar refractivity (Wildman–Crippen MR) is 76.5 cm³/mol. The Kier molecular flexibility index (Phi) is 4.49. The van der Waals surface area contributed by atoms with Gasteiger partial charge in [-0.15, -0.1) is 0 Å². The normalized spacial score (nSPS) is 10.3. The zero-order valence-electron chi connectivity index (χ0n) is 10.7. The van der Waals surface area contributed by atoms with Crippen molar-refractivity contribution >= 4 is 28.7 Å². The Morgan fingerprint density at radius 1 is 1.48 bits per heavy atom. The Morgan fingerprint density at radius 2 is 2.24 bits per heavy atom. The minimum atomic E-state index is -1.47. The molecule has 0 unspecified atom stereocenters. The molecule has 21 heavy (non-hydrogen) atoms. The Balaban J connectivity index is 2.17. The standard InChI is InChI=1S/C13H11FN2O4S/c14-10-6-12(16(19)20)9(13(17)18)5-11(10)15-3-1-8-2-4-21-7-8/h2,4-7,15H,1,3H2,(H,17,18). The largest absolute Gasteiger partial charge is 0.477 e. The number of halogens is 1. The molecule has 2 rings (SSSR count). The SMILES string of the molecule is O=C(O)c1cc(NCCc2ccsc2)c(F)cc1[N+](=O)[O-]. The van der Waals surface area contributed by atoms with Gasteiger partial charge in [0.05, 0.1) is 16.7 Å². The molecule has 0 amide bonds. The maximum atomic E-state index is 13.8. The number of nitrogens with zero attached hydrogens (tertiary/aromatic N) is 1. The van der Waals surface area contributed by atoms with Crippen LogP contribution in [0.4, 0.5) is 15.8 Å². The van der Waals surface area contributed by atoms with Gasteiger partial charge in [0.25, 0.3) is 5.69 Å². The summed E-state index contributed by atoms with van der Waals surface area (Å²) in [5, 5.41) is 26.3. The molecule has 0 radical (unpaired) electrons. The molecule has 1 heterocycles. The summed E-state index contributed by atoms with van der Waals surface area (Å²) in [5.74, 6) is -2.32. The van der Waals surface area contributed by atoms with Crippen molar-refractivity contribution in [3.8, 4) is 0 Å². The zero-order valence-corrected chi connectivity index (χ0v) is 11.5. The van der Waals surface area contributed by atoms with E-state index in [9.17, 15) is 19.3 Å². The molecule has 2 N–H and O–H groups in total. The van der Waals surface area contributed by atoms with Crippen LogP contribution in [-0.4, -0.2) is 22.5 Å². The highest BCUT2D eigenvalue weighted by Crippen LogP contribution is 2.26. The smallest absolute Gasteiger partial charge is 0.342 e. The molecule has 0 aliphatic rings. The molecule has 0 saturated carbocycles. The van der Waals surface area contributed by atoms with E-state index in [2.05, 4.69) is 5.32 Å². The summed E-state index contributed by atoms with van der Waals surface area (Å²) in [6.45, 7) is 0.393. The quantitative estimate of drug-likeness (QED) is 0.631. The maximum Gasteiger partial charge on any atom is 0.342 e. The summed E-state index contributed by atoms with van der Waals surface area (Å²) in [6, 6.07) is 3.50. The molecule has 0 atom stereocenters. The number of rotatable bonds is 6. The van der Waals surface area contributed by atoms with Gasteiger partial charge in [-0.05, 0) is 34.9 Å². The Labute approximate surface area is 123 Å². The minimum absolute atomic E-state index is 0.0618. The van der Waals surface area contributed by atoms with Gasteiger partial charge < -0.3 is 10.4 Å². The number of aromatic carboxylic acids is 1. The number of nitro benzene ring substituents is 1. The molecule has 110 valence electrons. The number of carbonyl (C=O) groups is 1. The van der Waals surface area contributed by atoms with E-state index in [1.54, 1.807) is 11.3 Å². The van der Waals surface area contributed by atoms with Crippen molar-refractivity contribution in [2.75, 3.05) is 11.9 Å². The number of anilines is 1. The van der Waals surface area contributed by atoms with E-state index in [0.29, 0.717) is 19.0 Å². The second-order valence-corrected chi connectivity index (χ2v) is 5.00. The van der Waals surface area contributed by atoms with Crippen molar-refractivity contribution in [2.45, 2.75) is 6.42 Å². The van der Waals surface area contributed by atoms with Crippen LogP contribution in [0.15, 0.2) is 29.0 Å². The van der Waals surface area contributed by atoms with Gasteiger partial charge in [-0.1, -0.05) is 0 Å². The average molecular weight is 310 g/mol. The van der Waals surface area contributed by atoms with E-state index in [1.807, 2.05) is 16.8 Å². The summed E-state index contributed by atoms with van der Waals surface area (Å²) < 4.78 is 13.8. The third-order valence-corrected chi connectivity index (χ3v) is 3.55. The molecular formula is C13H11FN2O4S. The first-order valence-corrected chi connectivity index (χ1v) is 6.89. The molecule has 0 aliphatic heterocycles. The molecule has 0 fully saturated rings. The van der Waals surface area contributed by atoms with Gasteiger partial charge in [-0.25, -0.2) is 9.18 Å². The third-order valence-electron chi connectivity index (χ3n) is 2.82. The second kappa shape index (κ2) is 6.31. The lowest BCUT2D eigenvalue weighted by Gasteiger charge is -2.08. The van der Waals surface area contributed by atoms with E-state index < -0.39 is 28.0 Å². The van der Waals surface area contributed by atoms with Crippen LogP contribution in [0.5, 0.6) is 0 Å². The summed E-state index contributed by atoms with van der Waals surface area (Å²) in [6.07, 6.45) is 0.641. The van der Waals surface area contributed by atoms with E-state index in [-0.39, 0.29) is 5.69 Å². The summed E-state index contributed by atoms with van der Waals surface area (Å²) in [7, 11) is 0. The lowest BCUT2D eigenvalue weighted by Crippen LogP contribution is -2.09. The van der Waals surface area contributed by atoms with Gasteiger partial charge in [0.1, 0.15) is 5.56 Å². The van der Waals surface area contributed by atoms with Crippen molar-refractivity contribution in [1.29, 1.82) is 0 Å². The van der Waals surface area contributed by atoms with Crippen molar-refractivity contribution in [3.63, 3.8) is 0 Å². The number of thiophene rings is 1. The molecule has 1 aromatic carbocycles. The van der Waals surface area contributed by atoms with Crippen LogP contribution in [0.2, 0.25) is 0 Å². The number of hydrogen-bond donors (Lipinski definition) is 2. The number of nitrogens with one attached hydrogen (secondary N) is 1. The van der Waals surface area contributed by atoms with Crippen molar-refractivity contribution in [3.05, 3.63) is 56.0 Å². The van der Waals surface area contributed by atoms with Crippen LogP contribution in [0.3, 0.4) is 0 Å². The fourth-order valence-corrected chi connectivity index (χ4v) is 2.50. The average Bonchev–Trinajstić information content (AvgIpc) is 2.92. The van der Waals surface area contributed by atoms with Gasteiger partial charge in [0.2, 0.25) is 0 Å². The Hall–Kier alpha value is -2.48. The fourth-order valence-electron chi connectivity index (χ4n) is 1.80. The van der Waals surface area contributed by atoms with Crippen LogP contribution in [0.1, 0.15) is 15.9 Å². The molecule has 8 heteroatoms. The summed E-state index contributed by atoms with van der Waals surface area (Å²) in [4.78, 5) is 20.8. The first kappa shape index (κ1) is 14.9. The first-order chi connectivity index (χ1) is 9.99. The second-order valence-electron chi connectivity index (χ2n) is 4.22. The topological polar surface area (TPSA) is 92.5 Å². The van der Waals surface area contributed by atoms with Gasteiger partial charge in [0, 0.05) is 6.54 Å². The van der Waals surface area contributed by atoms with E-state index in [1.165, 1.54) is 0 Å². The third kappa shape index (κ3) is 3.54. The molecule has 6 nitrogen and oxygen atoms in total. The number of benzene rings is 1. The molecule has 0 saturated heterocycles. The maximum absolute atomic E-state index is 13.8. The number of hydrogen-bond acceptors (Lipinski definition) is 5. The van der Waals surface area contributed by atoms with Gasteiger partial charge >= 0.3 is 5.97 Å². The molecule has 2 aromatic rings. The van der Waals surface area contributed by atoms with Crippen LogP contribution in [0, 0.1) is 15.9 Å². The lowest BCUT2D eigenvalue weighted by molar-refractivity contribution is -0.385. The minimum Gasteiger partial charge on any atom is -0.477 e. The van der Waals surface area contributed by atoms with Gasteiger partial charge in [-0.3, -0.25) is 10.1 Å². The summed E-state index contributed by atoms with van der Waals surface area (Å²) >= 11 is 1.55. The van der Waals surface area contributed by atoms with E-state index in [0.717, 1.165) is 11.6 Å². The van der Waals surface area contributed by atoms with Crippen molar-refractivity contribution in [1.82, 2.24) is 0 Å². The number of carboxylic acids is 1. The van der Waals surface area contributed by atoms with E-state index >= 15 is 0 Å². The molecular weight excluding hydrogens is 299 g/mol. The van der Waals surface area contributed by atoms with Crippen LogP contribution < -0.4 is 5.32 Å². The van der Waals surface area contributed by atoms with Crippen molar-refractivity contribution < 1.29 is 19.2 Å². The van der Waals surface area contributed by atoms with Crippen molar-refractivity contribution in [2.24, 2.45) is 0 Å². The number of carboxylic acid groups (broad SMARTS) is 1. The molecule has 0 bridgehead atoms. The predicted octanol–water partition coefficient (Wildman–Crippen LogP) is 3.15. The molecule has 0 spiro atoms. The van der Waals surface area contributed by atoms with Gasteiger partial charge in [-0.2, -0.15) is 11.3 Å². The Bertz CT molecular complexity index is 673. The highest BCUT2D eigenvalue weighted by atomic mass is 32.1. The zero-order chi connectivity index (χ0) is 15.4. The van der Waals surface area contributed by atoms with Crippen LogP contribution >= 0.6 is 11.3 Å². The molecule has 1 aromatic heterocycles. The van der Waals surface area contributed by atoms with Crippen LogP contribution in [0.25, 0.3) is 0 Å². The van der Waals surface area contributed by atoms with Gasteiger partial charge in [0.15, 0.2) is 5.82 Å². The lowest BCUT2D eigenvalue weighted by atomic mass is 10.1. The molecule has 0 aliphatic carbocycles.